The summed E-state index contributed by atoms with van der Waals surface area (Å²) in [5.74, 6) is 0.765. The molecule has 5 heteroatoms. The van der Waals surface area contributed by atoms with Crippen LogP contribution in [0.5, 0.6) is 17.2 Å². The van der Waals surface area contributed by atoms with Crippen molar-refractivity contribution in [3.8, 4) is 17.2 Å². The summed E-state index contributed by atoms with van der Waals surface area (Å²) < 4.78 is 13.5. The largest absolute Gasteiger partial charge is 0.504 e. The van der Waals surface area contributed by atoms with Crippen molar-refractivity contribution in [1.82, 2.24) is 4.57 Å². The number of hydrogen-bond acceptors (Lipinski definition) is 4. The van der Waals surface area contributed by atoms with Crippen molar-refractivity contribution in [3.63, 3.8) is 0 Å². The van der Waals surface area contributed by atoms with Gasteiger partial charge in [-0.1, -0.05) is 91.4 Å². The van der Waals surface area contributed by atoms with Gasteiger partial charge in [-0.05, 0) is 31.4 Å². The van der Waals surface area contributed by atoms with Crippen molar-refractivity contribution in [3.05, 3.63) is 28.6 Å². The number of fused-ring (bicyclic) bond motifs is 1. The number of aromatic hydroxyl groups is 1. The summed E-state index contributed by atoms with van der Waals surface area (Å²) in [7, 11) is 0. The fourth-order valence-electron chi connectivity index (χ4n) is 4.27. The predicted octanol–water partition coefficient (Wildman–Crippen LogP) is 7.99. The van der Waals surface area contributed by atoms with Crippen molar-refractivity contribution in [2.24, 2.45) is 0 Å². The molecule has 0 radical (unpaired) electrons. The van der Waals surface area contributed by atoms with Gasteiger partial charge in [-0.25, -0.2) is 0 Å². The number of unbranched alkanes of at least 4 members (excludes halogenated alkanes) is 11. The van der Waals surface area contributed by atoms with Crippen molar-refractivity contribution >= 4 is 10.9 Å². The Labute approximate surface area is 206 Å². The van der Waals surface area contributed by atoms with Gasteiger partial charge in [-0.3, -0.25) is 4.79 Å². The molecule has 0 fully saturated rings. The highest BCUT2D eigenvalue weighted by atomic mass is 16.5. The summed E-state index contributed by atoms with van der Waals surface area (Å²) in [6.07, 6.45) is 16.1. The van der Waals surface area contributed by atoms with Crippen molar-refractivity contribution in [2.75, 3.05) is 13.2 Å². The second-order valence-corrected chi connectivity index (χ2v) is 9.40. The quantitative estimate of drug-likeness (QED) is 0.210. The molecule has 1 aromatic carbocycles. The molecule has 0 aliphatic rings. The molecular weight excluding hydrogens is 426 g/mol. The zero-order chi connectivity index (χ0) is 24.6. The fourth-order valence-corrected chi connectivity index (χ4v) is 4.27. The Balaban J connectivity index is 2.17. The summed E-state index contributed by atoms with van der Waals surface area (Å²) in [6.45, 7) is 8.24. The number of hydrogen-bond donors (Lipinski definition) is 1. The van der Waals surface area contributed by atoms with Gasteiger partial charge in [0.15, 0.2) is 5.75 Å². The molecule has 0 amide bonds. The molecule has 2 aromatic rings. The molecule has 0 atom stereocenters. The molecule has 0 aliphatic carbocycles. The maximum Gasteiger partial charge on any atom is 0.297 e. The minimum Gasteiger partial charge on any atom is -0.504 e. The lowest BCUT2D eigenvalue weighted by atomic mass is 10.1. The highest BCUT2D eigenvalue weighted by Crippen LogP contribution is 2.34. The van der Waals surface area contributed by atoms with Gasteiger partial charge in [-0.2, -0.15) is 0 Å². The van der Waals surface area contributed by atoms with E-state index in [2.05, 4.69) is 20.8 Å². The first-order chi connectivity index (χ1) is 16.6. The van der Waals surface area contributed by atoms with E-state index in [1.165, 1.54) is 57.8 Å². The van der Waals surface area contributed by atoms with Crippen LogP contribution >= 0.6 is 0 Å². The minimum atomic E-state index is -0.247. The van der Waals surface area contributed by atoms with Gasteiger partial charge in [0, 0.05) is 18.0 Å². The molecule has 0 bridgehead atoms. The van der Waals surface area contributed by atoms with Crippen LogP contribution in [-0.4, -0.2) is 22.9 Å². The summed E-state index contributed by atoms with van der Waals surface area (Å²) in [5.41, 5.74) is 0.474. The molecule has 0 spiro atoms. The average molecular weight is 474 g/mol. The molecule has 34 heavy (non-hydrogen) atoms. The predicted molar refractivity (Wildman–Crippen MR) is 143 cm³/mol. The van der Waals surface area contributed by atoms with Crippen LogP contribution in [0.4, 0.5) is 0 Å². The van der Waals surface area contributed by atoms with Crippen LogP contribution in [0.3, 0.4) is 0 Å². The maximum atomic E-state index is 13.3. The van der Waals surface area contributed by atoms with Gasteiger partial charge in [0.05, 0.1) is 18.7 Å². The third-order valence-corrected chi connectivity index (χ3v) is 6.42. The highest BCUT2D eigenvalue weighted by molar-refractivity contribution is 5.88. The van der Waals surface area contributed by atoms with Gasteiger partial charge in [-0.15, -0.1) is 0 Å². The monoisotopic (exact) mass is 473 g/mol. The maximum absolute atomic E-state index is 13.3. The molecule has 1 N–H and O–H groups in total. The van der Waals surface area contributed by atoms with Crippen molar-refractivity contribution < 1.29 is 14.6 Å². The zero-order valence-electron chi connectivity index (χ0n) is 21.9. The van der Waals surface area contributed by atoms with E-state index in [9.17, 15) is 9.90 Å². The number of rotatable bonds is 19. The van der Waals surface area contributed by atoms with Gasteiger partial charge >= 0.3 is 0 Å². The van der Waals surface area contributed by atoms with E-state index in [1.807, 2.05) is 18.2 Å². The van der Waals surface area contributed by atoms with Gasteiger partial charge in [0.1, 0.15) is 5.75 Å². The van der Waals surface area contributed by atoms with Crippen LogP contribution in [0, 0.1) is 0 Å². The van der Waals surface area contributed by atoms with Crippen LogP contribution in [0.2, 0.25) is 0 Å². The molecule has 2 rings (SSSR count). The van der Waals surface area contributed by atoms with Crippen LogP contribution in [0.1, 0.15) is 111 Å². The first-order valence-electron chi connectivity index (χ1n) is 13.8. The lowest BCUT2D eigenvalue weighted by molar-refractivity contribution is 0.287. The number of ether oxygens (including phenoxy) is 2. The standard InChI is InChI=1S/C29H47NO4/c1-4-7-10-12-14-16-20-30-26-23-24(33-22-17-15-13-11-8-5-2)18-19-25(26)27(31)28(29(30)32)34-21-9-6-3/h18-19,23,31H,4-17,20-22H2,1-3H3. The van der Waals surface area contributed by atoms with E-state index < -0.39 is 0 Å². The highest BCUT2D eigenvalue weighted by Gasteiger charge is 2.18. The number of benzene rings is 1. The lowest BCUT2D eigenvalue weighted by Gasteiger charge is -2.17. The smallest absolute Gasteiger partial charge is 0.297 e. The van der Waals surface area contributed by atoms with Gasteiger partial charge in [0.25, 0.3) is 5.56 Å². The molecule has 0 aliphatic heterocycles. The molecule has 1 aromatic heterocycles. The third-order valence-electron chi connectivity index (χ3n) is 6.42. The molecule has 0 saturated carbocycles. The Morgan fingerprint density at radius 1 is 0.735 bits per heavy atom. The number of aryl methyl sites for hydroxylation is 1. The fraction of sp³-hybridized carbons (Fsp3) is 0.690. The second-order valence-electron chi connectivity index (χ2n) is 9.40. The molecule has 1 heterocycles. The summed E-state index contributed by atoms with van der Waals surface area (Å²) in [4.78, 5) is 13.3. The van der Waals surface area contributed by atoms with E-state index in [1.54, 1.807) is 4.57 Å². The van der Waals surface area contributed by atoms with Crippen molar-refractivity contribution in [2.45, 2.75) is 117 Å². The average Bonchev–Trinajstić information content (AvgIpc) is 2.84. The summed E-state index contributed by atoms with van der Waals surface area (Å²) in [6, 6.07) is 5.64. The summed E-state index contributed by atoms with van der Waals surface area (Å²) >= 11 is 0. The van der Waals surface area contributed by atoms with Crippen LogP contribution in [0.25, 0.3) is 10.9 Å². The van der Waals surface area contributed by atoms with Gasteiger partial charge < -0.3 is 19.1 Å². The van der Waals surface area contributed by atoms with E-state index in [0.717, 1.165) is 43.4 Å². The Kier molecular flexibility index (Phi) is 13.6. The van der Waals surface area contributed by atoms with E-state index in [4.69, 9.17) is 9.47 Å². The normalized spacial score (nSPS) is 11.3. The Morgan fingerprint density at radius 3 is 2.00 bits per heavy atom. The lowest BCUT2D eigenvalue weighted by Crippen LogP contribution is -2.23. The Bertz CT molecular complexity index is 890. The molecule has 0 saturated heterocycles. The molecule has 192 valence electrons. The van der Waals surface area contributed by atoms with Crippen molar-refractivity contribution in [1.29, 1.82) is 0 Å². The molecular formula is C29H47NO4. The summed E-state index contributed by atoms with van der Waals surface area (Å²) in [5, 5.41) is 11.5. The van der Waals surface area contributed by atoms with Crippen LogP contribution < -0.4 is 15.0 Å². The first-order valence-corrected chi connectivity index (χ1v) is 13.8. The Morgan fingerprint density at radius 2 is 1.32 bits per heavy atom. The van der Waals surface area contributed by atoms with Crippen LogP contribution in [-0.2, 0) is 6.54 Å². The van der Waals surface area contributed by atoms with E-state index in [-0.39, 0.29) is 17.1 Å². The zero-order valence-corrected chi connectivity index (χ0v) is 21.9. The number of pyridine rings is 1. The number of aromatic nitrogens is 1. The molecule has 0 unspecified atom stereocenters. The first kappa shape index (κ1) is 28.1. The minimum absolute atomic E-state index is 0.0576. The third kappa shape index (κ3) is 8.88. The van der Waals surface area contributed by atoms with Gasteiger partial charge in [0.2, 0.25) is 5.75 Å². The van der Waals surface area contributed by atoms with E-state index in [0.29, 0.717) is 25.1 Å². The topological polar surface area (TPSA) is 60.7 Å². The second kappa shape index (κ2) is 16.5. The van der Waals surface area contributed by atoms with E-state index >= 15 is 0 Å². The number of nitrogens with zero attached hydrogens (tertiary/aromatic N) is 1. The Hall–Kier alpha value is -2.17. The van der Waals surface area contributed by atoms with Crippen LogP contribution in [0.15, 0.2) is 23.0 Å². The SMILES string of the molecule is CCCCCCCCOc1ccc2c(O)c(OCCCC)c(=O)n(CCCCCCCC)c2c1. The molecule has 5 nitrogen and oxygen atoms in total.